The van der Waals surface area contributed by atoms with Crippen LogP contribution in [-0.4, -0.2) is 47.0 Å². The molecule has 1 amide bonds. The highest BCUT2D eigenvalue weighted by atomic mass is 19.2. The number of benzene rings is 1. The molecule has 3 heterocycles. The standard InChI is InChI=1S/C21H25F2N3O2/c1-14-18(15(2)28-24-14)20(27)26-10-8-21(13-26)7-4-9-25(12-21)11-16-5-3-6-17(22)19(16)23/h3,5-6H,4,7-13H2,1-2H3/t21-/m0/s1. The minimum absolute atomic E-state index is 0.0106. The van der Waals surface area contributed by atoms with Crippen LogP contribution in [0.3, 0.4) is 0 Å². The molecule has 2 aliphatic rings. The number of nitrogens with zero attached hydrogens (tertiary/aromatic N) is 3. The van der Waals surface area contributed by atoms with Crippen molar-refractivity contribution in [1.82, 2.24) is 15.0 Å². The molecule has 5 nitrogen and oxygen atoms in total. The first-order chi connectivity index (χ1) is 13.4. The maximum absolute atomic E-state index is 14.1. The van der Waals surface area contributed by atoms with Gasteiger partial charge in [0.15, 0.2) is 11.6 Å². The molecule has 1 aromatic carbocycles. The van der Waals surface area contributed by atoms with E-state index in [1.54, 1.807) is 26.0 Å². The summed E-state index contributed by atoms with van der Waals surface area (Å²) in [5, 5.41) is 3.89. The fourth-order valence-electron chi connectivity index (χ4n) is 4.74. The second kappa shape index (κ2) is 7.28. The first-order valence-corrected chi connectivity index (χ1v) is 9.76. The average molecular weight is 389 g/mol. The van der Waals surface area contributed by atoms with Crippen LogP contribution < -0.4 is 0 Å². The lowest BCUT2D eigenvalue weighted by Gasteiger charge is -2.40. The highest BCUT2D eigenvalue weighted by molar-refractivity contribution is 5.96. The van der Waals surface area contributed by atoms with E-state index < -0.39 is 11.6 Å². The molecule has 2 aliphatic heterocycles. The number of likely N-dealkylation sites (tertiary alicyclic amines) is 2. The van der Waals surface area contributed by atoms with E-state index in [-0.39, 0.29) is 11.3 Å². The molecular weight excluding hydrogens is 364 g/mol. The molecule has 2 fully saturated rings. The van der Waals surface area contributed by atoms with Gasteiger partial charge in [-0.2, -0.15) is 0 Å². The van der Waals surface area contributed by atoms with Gasteiger partial charge in [0.05, 0.1) is 5.69 Å². The molecule has 0 saturated carbocycles. The van der Waals surface area contributed by atoms with Crippen molar-refractivity contribution in [3.05, 3.63) is 52.4 Å². The third-order valence-electron chi connectivity index (χ3n) is 6.14. The largest absolute Gasteiger partial charge is 0.361 e. The van der Waals surface area contributed by atoms with Gasteiger partial charge < -0.3 is 9.42 Å². The summed E-state index contributed by atoms with van der Waals surface area (Å²) < 4.78 is 32.7. The summed E-state index contributed by atoms with van der Waals surface area (Å²) in [7, 11) is 0. The lowest BCUT2D eigenvalue weighted by atomic mass is 9.79. The fraction of sp³-hybridized carbons (Fsp3) is 0.524. The minimum atomic E-state index is -0.804. The highest BCUT2D eigenvalue weighted by Crippen LogP contribution is 2.40. The monoisotopic (exact) mass is 389 g/mol. The Labute approximate surface area is 163 Å². The number of aryl methyl sites for hydroxylation is 2. The third-order valence-corrected chi connectivity index (χ3v) is 6.14. The van der Waals surface area contributed by atoms with Gasteiger partial charge in [-0.05, 0) is 45.7 Å². The second-order valence-electron chi connectivity index (χ2n) is 8.20. The van der Waals surface area contributed by atoms with Crippen molar-refractivity contribution in [3.8, 4) is 0 Å². The van der Waals surface area contributed by atoms with Crippen molar-refractivity contribution >= 4 is 5.91 Å². The van der Waals surface area contributed by atoms with Crippen molar-refractivity contribution in [3.63, 3.8) is 0 Å². The lowest BCUT2D eigenvalue weighted by molar-refractivity contribution is 0.0671. The van der Waals surface area contributed by atoms with Crippen molar-refractivity contribution in [2.24, 2.45) is 5.41 Å². The average Bonchev–Trinajstić information content (AvgIpc) is 3.22. The molecule has 0 N–H and O–H groups in total. The molecular formula is C21H25F2N3O2. The predicted molar refractivity (Wildman–Crippen MR) is 99.8 cm³/mol. The van der Waals surface area contributed by atoms with Crippen molar-refractivity contribution < 1.29 is 18.1 Å². The zero-order chi connectivity index (χ0) is 19.9. The molecule has 7 heteroatoms. The van der Waals surface area contributed by atoms with Crippen molar-refractivity contribution in [2.45, 2.75) is 39.7 Å². The molecule has 2 saturated heterocycles. The SMILES string of the molecule is Cc1noc(C)c1C(=O)N1CC[C@]2(CCCN(Cc3cccc(F)c3F)C2)C1. The molecule has 0 bridgehead atoms. The van der Waals surface area contributed by atoms with E-state index in [4.69, 9.17) is 4.52 Å². The van der Waals surface area contributed by atoms with Gasteiger partial charge in [0, 0.05) is 37.2 Å². The lowest BCUT2D eigenvalue weighted by Crippen LogP contribution is -2.45. The van der Waals surface area contributed by atoms with Crippen LogP contribution in [0.5, 0.6) is 0 Å². The number of rotatable bonds is 3. The molecule has 1 spiro atoms. The third kappa shape index (κ3) is 3.43. The van der Waals surface area contributed by atoms with E-state index in [1.807, 2.05) is 4.90 Å². The molecule has 0 aliphatic carbocycles. The Kier molecular flexibility index (Phi) is 4.95. The van der Waals surface area contributed by atoms with Gasteiger partial charge in [0.1, 0.15) is 11.3 Å². The number of carbonyl (C=O) groups excluding carboxylic acids is 1. The summed E-state index contributed by atoms with van der Waals surface area (Å²) in [6.45, 7) is 6.95. The Morgan fingerprint density at radius 2 is 2.04 bits per heavy atom. The van der Waals surface area contributed by atoms with Gasteiger partial charge in [0.25, 0.3) is 5.91 Å². The molecule has 28 heavy (non-hydrogen) atoms. The van der Waals surface area contributed by atoms with Gasteiger partial charge in [-0.1, -0.05) is 17.3 Å². The van der Waals surface area contributed by atoms with Crippen LogP contribution in [-0.2, 0) is 6.54 Å². The molecule has 2 aromatic rings. The molecule has 150 valence electrons. The summed E-state index contributed by atoms with van der Waals surface area (Å²) in [4.78, 5) is 17.0. The van der Waals surface area contributed by atoms with Crippen LogP contribution in [0.15, 0.2) is 22.7 Å². The molecule has 0 unspecified atom stereocenters. The summed E-state index contributed by atoms with van der Waals surface area (Å²) in [5.41, 5.74) is 1.58. The minimum Gasteiger partial charge on any atom is -0.361 e. The number of carbonyl (C=O) groups is 1. The topological polar surface area (TPSA) is 49.6 Å². The van der Waals surface area contributed by atoms with Crippen molar-refractivity contribution in [1.29, 1.82) is 0 Å². The smallest absolute Gasteiger partial charge is 0.259 e. The van der Waals surface area contributed by atoms with E-state index in [9.17, 15) is 13.6 Å². The quantitative estimate of drug-likeness (QED) is 0.803. The summed E-state index contributed by atoms with van der Waals surface area (Å²) >= 11 is 0. The van der Waals surface area contributed by atoms with Crippen LogP contribution in [0.25, 0.3) is 0 Å². The molecule has 0 radical (unpaired) electrons. The number of halogens is 2. The Hall–Kier alpha value is -2.28. The number of aromatic nitrogens is 1. The van der Waals surface area contributed by atoms with Gasteiger partial charge in [-0.15, -0.1) is 0 Å². The Morgan fingerprint density at radius 1 is 1.21 bits per heavy atom. The van der Waals surface area contributed by atoms with Crippen LogP contribution in [0.1, 0.15) is 46.6 Å². The van der Waals surface area contributed by atoms with Crippen LogP contribution in [0, 0.1) is 30.9 Å². The van der Waals surface area contributed by atoms with Gasteiger partial charge in [-0.25, -0.2) is 8.78 Å². The summed E-state index contributed by atoms with van der Waals surface area (Å²) in [5.74, 6) is -1.04. The van der Waals surface area contributed by atoms with Gasteiger partial charge in [0.2, 0.25) is 0 Å². The first-order valence-electron chi connectivity index (χ1n) is 9.76. The van der Waals surface area contributed by atoms with Crippen molar-refractivity contribution in [2.75, 3.05) is 26.2 Å². The summed E-state index contributed by atoms with van der Waals surface area (Å²) in [6, 6.07) is 4.33. The first kappa shape index (κ1) is 19.1. The van der Waals surface area contributed by atoms with E-state index in [2.05, 4.69) is 10.1 Å². The fourth-order valence-corrected chi connectivity index (χ4v) is 4.74. The Balaban J connectivity index is 1.46. The van der Waals surface area contributed by atoms with Crippen LogP contribution in [0.2, 0.25) is 0 Å². The number of piperidine rings is 1. The Morgan fingerprint density at radius 3 is 2.79 bits per heavy atom. The van der Waals surface area contributed by atoms with Gasteiger partial charge >= 0.3 is 0 Å². The summed E-state index contributed by atoms with van der Waals surface area (Å²) in [6.07, 6.45) is 2.95. The second-order valence-corrected chi connectivity index (χ2v) is 8.20. The molecule has 1 aromatic heterocycles. The van der Waals surface area contributed by atoms with E-state index >= 15 is 0 Å². The normalized spacial score (nSPS) is 22.9. The number of hydrogen-bond donors (Lipinski definition) is 0. The highest BCUT2D eigenvalue weighted by Gasteiger charge is 2.43. The zero-order valence-electron chi connectivity index (χ0n) is 16.3. The van der Waals surface area contributed by atoms with E-state index in [0.717, 1.165) is 38.4 Å². The van der Waals surface area contributed by atoms with E-state index in [0.29, 0.717) is 42.2 Å². The molecule has 4 rings (SSSR count). The van der Waals surface area contributed by atoms with Crippen LogP contribution >= 0.6 is 0 Å². The molecule has 1 atom stereocenters. The maximum atomic E-state index is 14.1. The maximum Gasteiger partial charge on any atom is 0.259 e. The number of amides is 1. The predicted octanol–water partition coefficient (Wildman–Crippen LogP) is 3.70. The van der Waals surface area contributed by atoms with Crippen LogP contribution in [0.4, 0.5) is 8.78 Å². The number of hydrogen-bond acceptors (Lipinski definition) is 4. The zero-order valence-corrected chi connectivity index (χ0v) is 16.3. The Bertz CT molecular complexity index is 878. The van der Waals surface area contributed by atoms with Gasteiger partial charge in [-0.3, -0.25) is 9.69 Å². The van der Waals surface area contributed by atoms with E-state index in [1.165, 1.54) is 0 Å².